The van der Waals surface area contributed by atoms with Gasteiger partial charge in [0.25, 0.3) is 0 Å². The Balaban J connectivity index is 1.76. The van der Waals surface area contributed by atoms with Crippen molar-refractivity contribution < 1.29 is 0 Å². The van der Waals surface area contributed by atoms with Gasteiger partial charge in [-0.2, -0.15) is 0 Å². The third-order valence-electron chi connectivity index (χ3n) is 4.50. The Labute approximate surface area is 158 Å². The summed E-state index contributed by atoms with van der Waals surface area (Å²) in [7, 11) is 0. The highest BCUT2D eigenvalue weighted by atomic mass is 32.1. The summed E-state index contributed by atoms with van der Waals surface area (Å²) in [5.74, 6) is 0. The monoisotopic (exact) mass is 374 g/mol. The van der Waals surface area contributed by atoms with Crippen LogP contribution in [0.4, 0.5) is 0 Å². The van der Waals surface area contributed by atoms with Crippen LogP contribution in [0.2, 0.25) is 0 Å². The van der Waals surface area contributed by atoms with E-state index in [2.05, 4.69) is 23.8 Å². The highest BCUT2D eigenvalue weighted by Crippen LogP contribution is 2.41. The van der Waals surface area contributed by atoms with E-state index in [4.69, 9.17) is 9.97 Å². The molecule has 1 aromatic carbocycles. The van der Waals surface area contributed by atoms with E-state index in [1.165, 1.54) is 20.5 Å². The number of thiazole rings is 2. The maximum atomic E-state index is 4.94. The average Bonchev–Trinajstić information content (AvgIpc) is 3.33. The minimum absolute atomic E-state index is 1.03. The van der Waals surface area contributed by atoms with Crippen LogP contribution in [0.15, 0.2) is 49.1 Å². The van der Waals surface area contributed by atoms with Crippen LogP contribution in [-0.2, 0) is 0 Å². The van der Waals surface area contributed by atoms with Crippen LogP contribution in [0.5, 0.6) is 0 Å². The van der Waals surface area contributed by atoms with Gasteiger partial charge in [0.2, 0.25) is 0 Å². The molecular formula is C20H14N4S2. The second kappa shape index (κ2) is 5.93. The van der Waals surface area contributed by atoms with E-state index in [1.807, 2.05) is 49.1 Å². The molecule has 0 radical (unpaired) electrons. The van der Waals surface area contributed by atoms with Crippen LogP contribution in [0.1, 0.15) is 11.1 Å². The third-order valence-corrected chi connectivity index (χ3v) is 6.95. The van der Waals surface area contributed by atoms with Gasteiger partial charge in [-0.05, 0) is 49.2 Å². The van der Waals surface area contributed by atoms with Crippen molar-refractivity contribution in [3.05, 3.63) is 60.2 Å². The van der Waals surface area contributed by atoms with Gasteiger partial charge in [0.15, 0.2) is 0 Å². The van der Waals surface area contributed by atoms with Crippen LogP contribution in [-0.4, -0.2) is 19.9 Å². The minimum Gasteiger partial charge on any atom is -0.265 e. The van der Waals surface area contributed by atoms with Crippen LogP contribution >= 0.6 is 22.7 Å². The zero-order chi connectivity index (χ0) is 17.7. The molecule has 126 valence electrons. The quantitative estimate of drug-likeness (QED) is 0.401. The van der Waals surface area contributed by atoms with Crippen molar-refractivity contribution in [3.8, 4) is 21.1 Å². The molecule has 4 heterocycles. The molecule has 6 heteroatoms. The van der Waals surface area contributed by atoms with E-state index < -0.39 is 0 Å². The maximum absolute atomic E-state index is 4.94. The molecule has 0 amide bonds. The van der Waals surface area contributed by atoms with Crippen molar-refractivity contribution in [3.63, 3.8) is 0 Å². The maximum Gasteiger partial charge on any atom is 0.124 e. The van der Waals surface area contributed by atoms with Crippen LogP contribution in [0.3, 0.4) is 0 Å². The van der Waals surface area contributed by atoms with Gasteiger partial charge < -0.3 is 0 Å². The van der Waals surface area contributed by atoms with Gasteiger partial charge in [-0.25, -0.2) is 9.97 Å². The number of hydrogen-bond acceptors (Lipinski definition) is 6. The van der Waals surface area contributed by atoms with Gasteiger partial charge in [0.05, 0.1) is 20.4 Å². The van der Waals surface area contributed by atoms with Gasteiger partial charge in [-0.15, -0.1) is 22.7 Å². The summed E-state index contributed by atoms with van der Waals surface area (Å²) >= 11 is 3.45. The first kappa shape index (κ1) is 15.5. The summed E-state index contributed by atoms with van der Waals surface area (Å²) < 4.78 is 2.43. The third kappa shape index (κ3) is 2.34. The number of rotatable bonds is 2. The lowest BCUT2D eigenvalue weighted by Gasteiger charge is -2.00. The normalized spacial score (nSPS) is 11.5. The Hall–Kier alpha value is -2.70. The van der Waals surface area contributed by atoms with Crippen molar-refractivity contribution in [1.82, 2.24) is 19.9 Å². The summed E-state index contributed by atoms with van der Waals surface area (Å²) in [5.41, 5.74) is 6.78. The predicted octanol–water partition coefficient (Wildman–Crippen LogP) is 5.65. The van der Waals surface area contributed by atoms with E-state index in [0.29, 0.717) is 0 Å². The number of nitrogens with zero attached hydrogens (tertiary/aromatic N) is 4. The topological polar surface area (TPSA) is 51.6 Å². The highest BCUT2D eigenvalue weighted by Gasteiger charge is 2.18. The van der Waals surface area contributed by atoms with E-state index >= 15 is 0 Å². The molecule has 0 N–H and O–H groups in total. The van der Waals surface area contributed by atoms with Gasteiger partial charge in [0, 0.05) is 35.9 Å². The van der Waals surface area contributed by atoms with Crippen molar-refractivity contribution >= 4 is 43.1 Å². The largest absolute Gasteiger partial charge is 0.265 e. The first-order valence-electron chi connectivity index (χ1n) is 8.23. The Morgan fingerprint density at radius 2 is 1.00 bits per heavy atom. The lowest BCUT2D eigenvalue weighted by Crippen LogP contribution is -1.84. The van der Waals surface area contributed by atoms with E-state index in [9.17, 15) is 0 Å². The van der Waals surface area contributed by atoms with Crippen LogP contribution in [0, 0.1) is 13.8 Å². The number of aryl methyl sites for hydroxylation is 2. The highest BCUT2D eigenvalue weighted by molar-refractivity contribution is 7.23. The zero-order valence-corrected chi connectivity index (χ0v) is 15.9. The smallest absolute Gasteiger partial charge is 0.124 e. The molecule has 0 aliphatic heterocycles. The molecule has 4 nitrogen and oxygen atoms in total. The molecular weight excluding hydrogens is 360 g/mol. The molecule has 4 aromatic heterocycles. The molecule has 5 rings (SSSR count). The number of benzene rings is 1. The van der Waals surface area contributed by atoms with Gasteiger partial charge in [-0.1, -0.05) is 0 Å². The SMILES string of the molecule is Cc1c2nc(-c3ccncc3)sc2c(C)c2nc(-c3ccncc3)sc12. The fourth-order valence-electron chi connectivity index (χ4n) is 3.11. The fraction of sp³-hybridized carbons (Fsp3) is 0.100. The molecule has 26 heavy (non-hydrogen) atoms. The molecule has 5 aromatic rings. The van der Waals surface area contributed by atoms with Crippen LogP contribution < -0.4 is 0 Å². The van der Waals surface area contributed by atoms with Gasteiger partial charge >= 0.3 is 0 Å². The van der Waals surface area contributed by atoms with Crippen molar-refractivity contribution in [1.29, 1.82) is 0 Å². The molecule has 0 bridgehead atoms. The number of aromatic nitrogens is 4. The lowest BCUT2D eigenvalue weighted by atomic mass is 10.1. The molecule has 0 saturated heterocycles. The molecule has 0 atom stereocenters. The average molecular weight is 374 g/mol. The number of pyridine rings is 2. The summed E-state index contributed by atoms with van der Waals surface area (Å²) in [6.07, 6.45) is 7.23. The van der Waals surface area contributed by atoms with E-state index in [1.54, 1.807) is 22.7 Å². The van der Waals surface area contributed by atoms with E-state index in [0.717, 1.165) is 32.2 Å². The summed E-state index contributed by atoms with van der Waals surface area (Å²) in [6.45, 7) is 4.29. The van der Waals surface area contributed by atoms with Crippen molar-refractivity contribution in [2.24, 2.45) is 0 Å². The Morgan fingerprint density at radius 3 is 1.38 bits per heavy atom. The predicted molar refractivity (Wildman–Crippen MR) is 109 cm³/mol. The summed E-state index contributed by atoms with van der Waals surface area (Å²) in [5, 5.41) is 2.06. The number of fused-ring (bicyclic) bond motifs is 2. The second-order valence-electron chi connectivity index (χ2n) is 6.12. The summed E-state index contributed by atoms with van der Waals surface area (Å²) in [4.78, 5) is 18.1. The fourth-order valence-corrected chi connectivity index (χ4v) is 5.37. The second-order valence-corrected chi connectivity index (χ2v) is 8.11. The lowest BCUT2D eigenvalue weighted by molar-refractivity contribution is 1.32. The van der Waals surface area contributed by atoms with Gasteiger partial charge in [0.1, 0.15) is 10.0 Å². The van der Waals surface area contributed by atoms with Gasteiger partial charge in [-0.3, -0.25) is 9.97 Å². The minimum atomic E-state index is 1.03. The Kier molecular flexibility index (Phi) is 3.55. The molecule has 0 aliphatic carbocycles. The zero-order valence-electron chi connectivity index (χ0n) is 14.2. The molecule has 0 aliphatic rings. The molecule has 0 fully saturated rings. The Bertz CT molecular complexity index is 1090. The molecule has 0 spiro atoms. The van der Waals surface area contributed by atoms with E-state index in [-0.39, 0.29) is 0 Å². The summed E-state index contributed by atoms with van der Waals surface area (Å²) in [6, 6.07) is 8.02. The van der Waals surface area contributed by atoms with Crippen LogP contribution in [0.25, 0.3) is 41.6 Å². The first-order valence-corrected chi connectivity index (χ1v) is 9.86. The standard InChI is InChI=1S/C20H14N4S2/c1-11-15-18(26-19(23-15)13-3-7-21-8-4-13)12(2)16-17(11)25-20(24-16)14-5-9-22-10-6-14/h3-10H,1-2H3. The number of hydrogen-bond donors (Lipinski definition) is 0. The molecule has 0 unspecified atom stereocenters. The molecule has 0 saturated carbocycles. The van der Waals surface area contributed by atoms with Crippen molar-refractivity contribution in [2.75, 3.05) is 0 Å². The Morgan fingerprint density at radius 1 is 0.615 bits per heavy atom. The van der Waals surface area contributed by atoms with Crippen molar-refractivity contribution in [2.45, 2.75) is 13.8 Å². The first-order chi connectivity index (χ1) is 12.7.